The van der Waals surface area contributed by atoms with Gasteiger partial charge in [-0.1, -0.05) is 24.6 Å². The molecule has 2 aliphatic heterocycles. The molecule has 8 nitrogen and oxygen atoms in total. The van der Waals surface area contributed by atoms with E-state index in [1.165, 1.54) is 12.4 Å². The first-order chi connectivity index (χ1) is 15.1. The molecule has 4 atom stereocenters. The first-order valence-corrected chi connectivity index (χ1v) is 10.3. The van der Waals surface area contributed by atoms with E-state index in [2.05, 4.69) is 4.98 Å². The summed E-state index contributed by atoms with van der Waals surface area (Å²) < 4.78 is 24.0. The van der Waals surface area contributed by atoms with Crippen molar-refractivity contribution < 1.29 is 33.4 Å². The van der Waals surface area contributed by atoms with Crippen LogP contribution in [0.2, 0.25) is 5.02 Å². The zero-order valence-electron chi connectivity index (χ0n) is 17.2. The van der Waals surface area contributed by atoms with E-state index in [9.17, 15) is 23.9 Å². The molecule has 4 rings (SSSR count). The molecule has 0 saturated carbocycles. The van der Waals surface area contributed by atoms with Gasteiger partial charge in [0.25, 0.3) is 0 Å². The third kappa shape index (κ3) is 4.12. The molecule has 1 unspecified atom stereocenters. The van der Waals surface area contributed by atoms with Crippen LogP contribution in [0.1, 0.15) is 37.3 Å². The Morgan fingerprint density at radius 1 is 1.28 bits per heavy atom. The quantitative estimate of drug-likeness (QED) is 0.656. The number of carbonyl (C=O) groups is 3. The minimum Gasteiger partial charge on any atom is -0.480 e. The van der Waals surface area contributed by atoms with Crippen LogP contribution in [-0.2, 0) is 20.8 Å². The van der Waals surface area contributed by atoms with Gasteiger partial charge in [0.15, 0.2) is 11.5 Å². The Morgan fingerprint density at radius 2 is 2.00 bits per heavy atom. The molecule has 168 valence electrons. The van der Waals surface area contributed by atoms with Crippen LogP contribution in [0.3, 0.4) is 0 Å². The number of likely N-dealkylation sites (tertiary alicyclic amines) is 1. The Hall–Kier alpha value is -3.20. The molecule has 32 heavy (non-hydrogen) atoms. The van der Waals surface area contributed by atoms with E-state index in [1.807, 2.05) is 0 Å². The summed E-state index contributed by atoms with van der Waals surface area (Å²) in [7, 11) is 0. The number of aliphatic carboxylic acids is 1. The molecule has 2 amide bonds. The van der Waals surface area contributed by atoms with Crippen molar-refractivity contribution in [3.05, 3.63) is 52.8 Å². The lowest BCUT2D eigenvalue weighted by molar-refractivity contribution is -0.177. The predicted molar refractivity (Wildman–Crippen MR) is 110 cm³/mol. The van der Waals surface area contributed by atoms with Gasteiger partial charge in [0, 0.05) is 25.7 Å². The first-order valence-electron chi connectivity index (χ1n) is 9.95. The van der Waals surface area contributed by atoms with Crippen molar-refractivity contribution in [2.45, 2.75) is 44.7 Å². The minimum atomic E-state index is -2.26. The third-order valence-corrected chi connectivity index (χ3v) is 5.76. The van der Waals surface area contributed by atoms with E-state index >= 15 is 0 Å². The van der Waals surface area contributed by atoms with E-state index in [1.54, 1.807) is 31.2 Å². The van der Waals surface area contributed by atoms with E-state index in [4.69, 9.17) is 21.1 Å². The van der Waals surface area contributed by atoms with Crippen molar-refractivity contribution in [3.8, 4) is 11.5 Å². The Bertz CT molecular complexity index is 1110. The van der Waals surface area contributed by atoms with Gasteiger partial charge in [0.1, 0.15) is 6.04 Å². The molecular formula is C22H20ClFN2O6. The van der Waals surface area contributed by atoms with Crippen molar-refractivity contribution in [1.82, 2.24) is 9.88 Å². The van der Waals surface area contributed by atoms with Crippen LogP contribution >= 0.6 is 11.6 Å². The smallest absolute Gasteiger partial charge is 0.404 e. The predicted octanol–water partition coefficient (Wildman–Crippen LogP) is 3.32. The fraction of sp³-hybridized carbons (Fsp3) is 0.364. The molecule has 0 spiro atoms. The molecule has 3 heterocycles. The van der Waals surface area contributed by atoms with Gasteiger partial charge in [0.2, 0.25) is 11.8 Å². The normalized spacial score (nSPS) is 24.8. The maximum Gasteiger partial charge on any atom is 0.404 e. The number of imide groups is 1. The number of carboxylic acid groups (broad SMARTS) is 1. The molecule has 0 aliphatic carbocycles. The number of fused-ring (bicyclic) bond motifs is 1. The Kier molecular flexibility index (Phi) is 5.54. The zero-order chi connectivity index (χ0) is 23.2. The van der Waals surface area contributed by atoms with Crippen LogP contribution in [-0.4, -0.2) is 44.9 Å². The second kappa shape index (κ2) is 8.05. The zero-order valence-corrected chi connectivity index (χ0v) is 18.0. The Balaban J connectivity index is 1.45. The van der Waals surface area contributed by atoms with E-state index in [0.717, 1.165) is 11.8 Å². The van der Waals surface area contributed by atoms with Crippen LogP contribution in [0.25, 0.3) is 0 Å². The van der Waals surface area contributed by atoms with Gasteiger partial charge < -0.3 is 14.6 Å². The highest BCUT2D eigenvalue weighted by atomic mass is 35.5. The Morgan fingerprint density at radius 3 is 2.69 bits per heavy atom. The maximum atomic E-state index is 13.9. The fourth-order valence-electron chi connectivity index (χ4n) is 4.02. The van der Waals surface area contributed by atoms with E-state index in [-0.39, 0.29) is 30.3 Å². The number of nitrogens with zero attached hydrogens (tertiary/aromatic N) is 2. The number of pyridine rings is 1. The fourth-order valence-corrected chi connectivity index (χ4v) is 4.21. The molecule has 10 heteroatoms. The number of ether oxygens (including phenoxy) is 2. The van der Waals surface area contributed by atoms with Crippen molar-refractivity contribution in [1.29, 1.82) is 0 Å². The first kappa shape index (κ1) is 22.0. The van der Waals surface area contributed by atoms with Crippen molar-refractivity contribution >= 4 is 29.4 Å². The van der Waals surface area contributed by atoms with Gasteiger partial charge in [-0.2, -0.15) is 4.39 Å². The van der Waals surface area contributed by atoms with E-state index in [0.29, 0.717) is 16.1 Å². The average molecular weight is 463 g/mol. The van der Waals surface area contributed by atoms with E-state index < -0.39 is 35.8 Å². The summed E-state index contributed by atoms with van der Waals surface area (Å²) >= 11 is 5.90. The van der Waals surface area contributed by atoms with Gasteiger partial charge in [-0.25, -0.2) is 4.79 Å². The Labute approximate surface area is 187 Å². The summed E-state index contributed by atoms with van der Waals surface area (Å²) in [4.78, 5) is 42.0. The number of amides is 2. The molecule has 1 aromatic heterocycles. The topological polar surface area (TPSA) is 106 Å². The minimum absolute atomic E-state index is 0.104. The number of rotatable bonds is 6. The highest BCUT2D eigenvalue weighted by molar-refractivity contribution is 6.30. The number of alkyl halides is 1. The summed E-state index contributed by atoms with van der Waals surface area (Å²) in [6, 6.07) is 2.87. The van der Waals surface area contributed by atoms with Crippen molar-refractivity contribution in [2.75, 3.05) is 0 Å². The number of aromatic nitrogens is 1. The van der Waals surface area contributed by atoms with Crippen LogP contribution in [0.5, 0.6) is 11.5 Å². The summed E-state index contributed by atoms with van der Waals surface area (Å²) in [6.07, 6.45) is 2.96. The molecule has 1 aromatic carbocycles. The summed E-state index contributed by atoms with van der Waals surface area (Å²) in [5.41, 5.74) is 1.28. The molecule has 0 radical (unpaired) electrons. The molecule has 0 bridgehead atoms. The van der Waals surface area contributed by atoms with Gasteiger partial charge in [-0.15, -0.1) is 0 Å². The molecular weight excluding hydrogens is 443 g/mol. The van der Waals surface area contributed by atoms with Gasteiger partial charge in [-0.3, -0.25) is 19.5 Å². The highest BCUT2D eigenvalue weighted by Gasteiger charge is 2.54. The molecule has 1 N–H and O–H groups in total. The van der Waals surface area contributed by atoms with Crippen LogP contribution < -0.4 is 9.47 Å². The number of hydrogen-bond acceptors (Lipinski definition) is 6. The van der Waals surface area contributed by atoms with Gasteiger partial charge in [0.05, 0.1) is 10.9 Å². The number of carbonyl (C=O) groups excluding carboxylic acids is 2. The lowest BCUT2D eigenvalue weighted by Gasteiger charge is -2.43. The number of carboxylic acids is 1. The molecule has 2 aliphatic rings. The van der Waals surface area contributed by atoms with Crippen molar-refractivity contribution in [3.63, 3.8) is 0 Å². The lowest BCUT2D eigenvalue weighted by atomic mass is 9.81. The van der Waals surface area contributed by atoms with Crippen LogP contribution in [0.4, 0.5) is 4.39 Å². The van der Waals surface area contributed by atoms with Crippen molar-refractivity contribution in [2.24, 2.45) is 5.92 Å². The molecule has 1 saturated heterocycles. The molecule has 1 fully saturated rings. The van der Waals surface area contributed by atoms with Crippen LogP contribution in [0, 0.1) is 5.92 Å². The third-order valence-electron chi connectivity index (χ3n) is 5.55. The number of benzene rings is 1. The largest absolute Gasteiger partial charge is 0.480 e. The highest BCUT2D eigenvalue weighted by Crippen LogP contribution is 2.42. The lowest BCUT2D eigenvalue weighted by Crippen LogP contribution is -2.66. The number of halogens is 2. The second-order valence-electron chi connectivity index (χ2n) is 8.06. The van der Waals surface area contributed by atoms with Gasteiger partial charge >= 0.3 is 12.0 Å². The monoisotopic (exact) mass is 462 g/mol. The summed E-state index contributed by atoms with van der Waals surface area (Å²) in [5.74, 6) is -3.18. The standard InChI is InChI=1S/C22H20ClFN2O6/c1-11(13-3-4-16-17(8-13)32-22(2,24)31-16)5-18(27)26-19(21(29)30)15(20(26)28)7-12-6-14(23)10-25-9-12/h3-4,6,8-11,15,19H,5,7H2,1-2H3,(H,29,30)/t11-,15+,19-,22?/m0/s1. The maximum absolute atomic E-state index is 13.9. The average Bonchev–Trinajstić information content (AvgIpc) is 3.02. The summed E-state index contributed by atoms with van der Waals surface area (Å²) in [5, 5.41) is 10.0. The number of β-lactam (4-membered cyclic amide) rings is 1. The SMILES string of the molecule is C[C@@H](CC(=O)N1C(=O)[C@H](Cc2cncc(Cl)c2)[C@H]1C(=O)O)c1ccc2c(c1)OC(C)(F)O2. The summed E-state index contributed by atoms with van der Waals surface area (Å²) in [6.45, 7) is 2.89. The second-order valence-corrected chi connectivity index (χ2v) is 8.49. The van der Waals surface area contributed by atoms with Crippen LogP contribution in [0.15, 0.2) is 36.7 Å². The molecule has 2 aromatic rings. The number of hydrogen-bond donors (Lipinski definition) is 1. The van der Waals surface area contributed by atoms with Gasteiger partial charge in [-0.05, 0) is 41.7 Å².